The Morgan fingerprint density at radius 1 is 0.456 bits per heavy atom. The molecule has 10 aromatic carbocycles. The number of fused-ring (bicyclic) bond motifs is 5. The first-order valence-electron chi connectivity index (χ1n) is 23.7. The van der Waals surface area contributed by atoms with Gasteiger partial charge in [0.1, 0.15) is 0 Å². The molecule has 0 aromatic heterocycles. The molecule has 4 heteroatoms. The Kier molecular flexibility index (Phi) is 16.8. The Morgan fingerprint density at radius 3 is 1.34 bits per heavy atom. The van der Waals surface area contributed by atoms with Gasteiger partial charge in [0.2, 0.25) is 0 Å². The number of aryl methyl sites for hydroxylation is 6. The zero-order valence-electron chi connectivity index (χ0n) is 40.0. The van der Waals surface area contributed by atoms with Gasteiger partial charge in [0.05, 0.1) is 9.52 Å². The van der Waals surface area contributed by atoms with E-state index in [0.717, 1.165) is 22.4 Å². The van der Waals surface area contributed by atoms with Crippen molar-refractivity contribution in [2.24, 2.45) is 0 Å². The van der Waals surface area contributed by atoms with E-state index in [0.29, 0.717) is 0 Å². The van der Waals surface area contributed by atoms with Crippen molar-refractivity contribution in [1.29, 1.82) is 0 Å². The topological polar surface area (TPSA) is 0 Å². The van der Waals surface area contributed by atoms with Crippen LogP contribution >= 0.6 is 17.0 Å². The third-order valence-corrected chi connectivity index (χ3v) is 13.9. The normalized spacial score (nSPS) is 11.1. The van der Waals surface area contributed by atoms with Gasteiger partial charge in [0.15, 0.2) is 0 Å². The molecule has 1 heterocycles. The van der Waals surface area contributed by atoms with E-state index in [4.69, 9.17) is 17.0 Å². The summed E-state index contributed by atoms with van der Waals surface area (Å²) in [7, 11) is 10.7. The van der Waals surface area contributed by atoms with Gasteiger partial charge in [-0.1, -0.05) is 204 Å². The minimum atomic E-state index is -0.826. The summed E-state index contributed by atoms with van der Waals surface area (Å²) in [6.45, 7) is 13.2. The first kappa shape index (κ1) is 49.1. The maximum absolute atomic E-state index is 4.93. The average Bonchev–Trinajstić information content (AvgIpc) is 4.06. The van der Waals surface area contributed by atoms with Gasteiger partial charge in [0, 0.05) is 0 Å². The molecule has 0 atom stereocenters. The molecule has 0 unspecified atom stereocenters. The quantitative estimate of drug-likeness (QED) is 0.105. The Labute approximate surface area is 426 Å². The second-order valence-electron chi connectivity index (χ2n) is 17.9. The summed E-state index contributed by atoms with van der Waals surface area (Å²) < 4.78 is 0. The van der Waals surface area contributed by atoms with Crippen molar-refractivity contribution < 1.29 is 20.8 Å². The van der Waals surface area contributed by atoms with Crippen molar-refractivity contribution in [1.82, 2.24) is 0 Å². The first-order chi connectivity index (χ1) is 33.2. The fourth-order valence-corrected chi connectivity index (χ4v) is 11.2. The van der Waals surface area contributed by atoms with Crippen LogP contribution in [0, 0.1) is 33.8 Å². The van der Waals surface area contributed by atoms with Gasteiger partial charge in [0.25, 0.3) is 0 Å². The molecule has 2 radical (unpaired) electrons. The molecule has 0 nitrogen and oxygen atoms in total. The van der Waals surface area contributed by atoms with Crippen LogP contribution in [-0.2, 0) is 33.7 Å². The Bertz CT molecular complexity index is 3010. The smallest absolute Gasteiger partial charge is 0.0920 e. The summed E-state index contributed by atoms with van der Waals surface area (Å²) in [6.07, 6.45) is 4.64. The van der Waals surface area contributed by atoms with E-state index in [1.165, 1.54) is 134 Å². The largest absolute Gasteiger partial charge is 0.184 e. The predicted octanol–water partition coefficient (Wildman–Crippen LogP) is 17.4. The van der Waals surface area contributed by atoms with Crippen molar-refractivity contribution >= 4 is 58.5 Å². The molecule has 0 saturated carbocycles. The molecule has 0 bridgehead atoms. The maximum Gasteiger partial charge on any atom is 0.0920 e. The number of halogens is 2. The summed E-state index contributed by atoms with van der Waals surface area (Å²) in [5.74, 6) is 0. The molecule has 0 saturated heterocycles. The number of benzene rings is 8. The molecule has 0 spiro atoms. The van der Waals surface area contributed by atoms with Crippen LogP contribution in [-0.4, -0.2) is 9.52 Å². The van der Waals surface area contributed by atoms with Crippen LogP contribution in [0.1, 0.15) is 60.1 Å². The van der Waals surface area contributed by atoms with Crippen molar-refractivity contribution in [3.63, 3.8) is 0 Å². The van der Waals surface area contributed by atoms with Crippen molar-refractivity contribution in [3.8, 4) is 55.6 Å². The molecule has 68 heavy (non-hydrogen) atoms. The van der Waals surface area contributed by atoms with E-state index < -0.39 is 20.8 Å². The minimum absolute atomic E-state index is 0.795. The SMILES string of the molecule is CCCc1cc2c(-c3cc(C)cc(C)c3)c(-c3ccccc3)ccc2[cH-]1.CCCc1cc2c(-c3cc(C)cc(C)c3)c(-c3ccccc3)ccc2[cH-]1.[Cl][Zr][Cl].[c-]1cccc2c1[Si]c1ccccc1-2. The Hall–Kier alpha value is -5.34. The molecule has 1 aliphatic heterocycles. The van der Waals surface area contributed by atoms with Crippen LogP contribution in [0.3, 0.4) is 0 Å². The molecule has 10 aromatic rings. The maximum atomic E-state index is 4.93. The number of hydrogen-bond donors (Lipinski definition) is 0. The standard InChI is InChI=1S/2C26H25.C12H7Si.2ClH.Zr/c2*1-4-8-20-16-22-11-12-24(21-9-6-5-7-10-21)26(25(22)17-20)23-14-18(2)13-19(3)15-23;1-3-7-11-9(5-1)10-6-2-4-8-12(10)13-11;;;/h2*5-7,9-17H,4,8H2,1-3H3;1-7H;2*1H;/q3*-1;;;+2/p-2. The van der Waals surface area contributed by atoms with Gasteiger partial charge in [-0.05, 0) is 73.9 Å². The number of rotatable bonds is 8. The predicted molar refractivity (Wildman–Crippen MR) is 295 cm³/mol. The van der Waals surface area contributed by atoms with Crippen molar-refractivity contribution in [3.05, 3.63) is 228 Å². The van der Waals surface area contributed by atoms with E-state index >= 15 is 0 Å². The molecule has 0 amide bonds. The van der Waals surface area contributed by atoms with Crippen molar-refractivity contribution in [2.45, 2.75) is 67.2 Å². The van der Waals surface area contributed by atoms with Gasteiger partial charge < -0.3 is 0 Å². The molecule has 338 valence electrons. The molecule has 11 rings (SSSR count). The Morgan fingerprint density at radius 2 is 0.882 bits per heavy atom. The first-order valence-corrected chi connectivity index (χ1v) is 31.1. The molecular weight excluding hydrogens is 959 g/mol. The van der Waals surface area contributed by atoms with E-state index in [-0.39, 0.29) is 0 Å². The van der Waals surface area contributed by atoms with Crippen LogP contribution in [0.2, 0.25) is 0 Å². The minimum Gasteiger partial charge on any atom is -0.184 e. The van der Waals surface area contributed by atoms with Gasteiger partial charge >= 0.3 is 37.9 Å². The van der Waals surface area contributed by atoms with E-state index in [1.807, 2.05) is 6.07 Å². The Balaban J connectivity index is 0.000000140. The summed E-state index contributed by atoms with van der Waals surface area (Å²) in [5, 5.41) is 8.27. The molecule has 0 N–H and O–H groups in total. The second kappa shape index (κ2) is 23.3. The zero-order valence-corrected chi connectivity index (χ0v) is 45.0. The van der Waals surface area contributed by atoms with E-state index in [2.05, 4.69) is 230 Å². The van der Waals surface area contributed by atoms with Crippen LogP contribution in [0.25, 0.3) is 77.2 Å². The third-order valence-electron chi connectivity index (χ3n) is 12.5. The monoisotopic (exact) mass is 1010 g/mol. The van der Waals surface area contributed by atoms with Crippen LogP contribution in [0.5, 0.6) is 0 Å². The van der Waals surface area contributed by atoms with Crippen LogP contribution < -0.4 is 10.4 Å². The third kappa shape index (κ3) is 11.6. The molecule has 0 aliphatic carbocycles. The van der Waals surface area contributed by atoms with E-state index in [9.17, 15) is 0 Å². The summed E-state index contributed by atoms with van der Waals surface area (Å²) in [4.78, 5) is 0. The fourth-order valence-electron chi connectivity index (χ4n) is 9.86. The van der Waals surface area contributed by atoms with Gasteiger partial charge in [-0.15, -0.1) is 62.5 Å². The summed E-state index contributed by atoms with van der Waals surface area (Å²) in [6, 6.07) is 72.1. The van der Waals surface area contributed by atoms with Gasteiger partial charge in [-0.25, -0.2) is 0 Å². The summed E-state index contributed by atoms with van der Waals surface area (Å²) >= 11 is -0.826. The fraction of sp³-hybridized carbons (Fsp3) is 0.156. The number of hydrogen-bond acceptors (Lipinski definition) is 0. The van der Waals surface area contributed by atoms with Crippen molar-refractivity contribution in [2.75, 3.05) is 0 Å². The molecule has 1 aliphatic rings. The van der Waals surface area contributed by atoms with Gasteiger partial charge in [-0.3, -0.25) is 0 Å². The average molecular weight is 1020 g/mol. The second-order valence-corrected chi connectivity index (χ2v) is 22.9. The van der Waals surface area contributed by atoms with Crippen LogP contribution in [0.15, 0.2) is 188 Å². The van der Waals surface area contributed by atoms with Gasteiger partial charge in [-0.2, -0.15) is 41.6 Å². The van der Waals surface area contributed by atoms with Crippen LogP contribution in [0.4, 0.5) is 0 Å². The van der Waals surface area contributed by atoms with E-state index in [1.54, 1.807) is 0 Å². The molecule has 0 fully saturated rings. The molecular formula is C64H57Cl2SiZr-3. The zero-order chi connectivity index (χ0) is 47.6. The summed E-state index contributed by atoms with van der Waals surface area (Å²) in [5.41, 5.74) is 21.5.